The van der Waals surface area contributed by atoms with Crippen LogP contribution in [0, 0.1) is 0 Å². The van der Waals surface area contributed by atoms with Crippen LogP contribution in [0.15, 0.2) is 35.3 Å². The van der Waals surface area contributed by atoms with E-state index in [1.54, 1.807) is 7.05 Å². The monoisotopic (exact) mass is 437 g/mol. The number of guanidine groups is 1. The van der Waals surface area contributed by atoms with E-state index in [9.17, 15) is 4.21 Å². The van der Waals surface area contributed by atoms with Crippen LogP contribution in [0.4, 0.5) is 0 Å². The number of halogens is 1. The Kier molecular flexibility index (Phi) is 9.91. The molecular formula is C16H28IN3OS. The van der Waals surface area contributed by atoms with Crippen LogP contribution in [-0.2, 0) is 17.3 Å². The van der Waals surface area contributed by atoms with Gasteiger partial charge < -0.3 is 10.2 Å². The first-order valence-electron chi connectivity index (χ1n) is 7.19. The van der Waals surface area contributed by atoms with Crippen molar-refractivity contribution in [2.75, 3.05) is 26.4 Å². The molecule has 1 rings (SSSR count). The molecule has 126 valence electrons. The third-order valence-electron chi connectivity index (χ3n) is 3.09. The van der Waals surface area contributed by atoms with Crippen molar-refractivity contribution in [3.8, 4) is 0 Å². The van der Waals surface area contributed by atoms with E-state index in [0.717, 1.165) is 12.5 Å². The predicted molar refractivity (Wildman–Crippen MR) is 107 cm³/mol. The fourth-order valence-electron chi connectivity index (χ4n) is 1.88. The van der Waals surface area contributed by atoms with Crippen molar-refractivity contribution >= 4 is 40.7 Å². The zero-order valence-electron chi connectivity index (χ0n) is 14.1. The molecule has 0 bridgehead atoms. The maximum absolute atomic E-state index is 12.0. The van der Waals surface area contributed by atoms with Crippen LogP contribution in [0.2, 0.25) is 0 Å². The molecule has 0 aliphatic heterocycles. The Morgan fingerprint density at radius 2 is 1.86 bits per heavy atom. The van der Waals surface area contributed by atoms with Crippen LogP contribution < -0.4 is 5.32 Å². The highest BCUT2D eigenvalue weighted by Crippen LogP contribution is 2.10. The number of hydrogen-bond acceptors (Lipinski definition) is 2. The molecule has 0 amide bonds. The van der Waals surface area contributed by atoms with Crippen LogP contribution in [0.3, 0.4) is 0 Å². The maximum atomic E-state index is 12.0. The van der Waals surface area contributed by atoms with Gasteiger partial charge in [0.2, 0.25) is 0 Å². The fourth-order valence-corrected chi connectivity index (χ4v) is 2.78. The van der Waals surface area contributed by atoms with Crippen molar-refractivity contribution in [3.05, 3.63) is 35.9 Å². The lowest BCUT2D eigenvalue weighted by atomic mass is 10.2. The topological polar surface area (TPSA) is 44.7 Å². The number of nitrogens with zero attached hydrogens (tertiary/aromatic N) is 2. The normalized spacial score (nSPS) is 13.2. The van der Waals surface area contributed by atoms with Crippen molar-refractivity contribution in [3.63, 3.8) is 0 Å². The summed E-state index contributed by atoms with van der Waals surface area (Å²) >= 11 is 0. The maximum Gasteiger partial charge on any atom is 0.193 e. The van der Waals surface area contributed by atoms with Crippen LogP contribution >= 0.6 is 24.0 Å². The summed E-state index contributed by atoms with van der Waals surface area (Å²) in [7, 11) is 2.93. The number of rotatable bonds is 5. The van der Waals surface area contributed by atoms with E-state index in [1.807, 2.05) is 46.0 Å². The van der Waals surface area contributed by atoms with E-state index < -0.39 is 10.8 Å². The highest BCUT2D eigenvalue weighted by molar-refractivity contribution is 14.0. The molecule has 1 aromatic rings. The summed E-state index contributed by atoms with van der Waals surface area (Å²) in [5.74, 6) is 1.45. The molecule has 22 heavy (non-hydrogen) atoms. The molecule has 0 fully saturated rings. The molecule has 1 unspecified atom stereocenters. The lowest BCUT2D eigenvalue weighted by Gasteiger charge is -2.23. The van der Waals surface area contributed by atoms with Gasteiger partial charge in [0.25, 0.3) is 0 Å². The van der Waals surface area contributed by atoms with Gasteiger partial charge in [-0.15, -0.1) is 24.0 Å². The second-order valence-electron chi connectivity index (χ2n) is 5.98. The van der Waals surface area contributed by atoms with Crippen LogP contribution in [-0.4, -0.2) is 46.2 Å². The second-order valence-corrected chi connectivity index (χ2v) is 8.30. The quantitative estimate of drug-likeness (QED) is 0.438. The fraction of sp³-hybridized carbons (Fsp3) is 0.562. The summed E-state index contributed by atoms with van der Waals surface area (Å²) in [5.41, 5.74) is 1.24. The smallest absolute Gasteiger partial charge is 0.193 e. The summed E-state index contributed by atoms with van der Waals surface area (Å²) in [6.45, 7) is 7.46. The molecule has 0 spiro atoms. The number of nitrogens with one attached hydrogen (secondary N) is 1. The molecule has 0 heterocycles. The van der Waals surface area contributed by atoms with Gasteiger partial charge in [0.15, 0.2) is 5.96 Å². The SMILES string of the molecule is CN=C(NCCS(=O)C(C)(C)C)N(C)Cc1ccccc1.I. The first-order chi connectivity index (χ1) is 9.84. The molecule has 0 aliphatic carbocycles. The third kappa shape index (κ3) is 7.58. The van der Waals surface area contributed by atoms with Gasteiger partial charge in [0, 0.05) is 48.5 Å². The largest absolute Gasteiger partial charge is 0.355 e. The standard InChI is InChI=1S/C16H27N3OS.HI/c1-16(2,3)21(20)12-11-18-15(17-4)19(5)13-14-9-7-6-8-10-14;/h6-10H,11-13H2,1-5H3,(H,17,18);1H. The summed E-state index contributed by atoms with van der Waals surface area (Å²) in [6, 6.07) is 10.3. The molecule has 1 N–H and O–H groups in total. The highest BCUT2D eigenvalue weighted by Gasteiger charge is 2.18. The van der Waals surface area contributed by atoms with Gasteiger partial charge in [-0.2, -0.15) is 0 Å². The minimum absolute atomic E-state index is 0. The molecule has 1 aromatic carbocycles. The van der Waals surface area contributed by atoms with Crippen molar-refractivity contribution in [1.29, 1.82) is 0 Å². The molecule has 6 heteroatoms. The minimum Gasteiger partial charge on any atom is -0.355 e. The molecule has 0 saturated carbocycles. The van der Waals surface area contributed by atoms with Crippen molar-refractivity contribution in [1.82, 2.24) is 10.2 Å². The minimum atomic E-state index is -0.843. The van der Waals surface area contributed by atoms with Gasteiger partial charge in [0.1, 0.15) is 0 Å². The average Bonchev–Trinajstić information content (AvgIpc) is 2.43. The second kappa shape index (κ2) is 10.2. The Labute approximate surface area is 154 Å². The Bertz CT molecular complexity index is 486. The van der Waals surface area contributed by atoms with Crippen LogP contribution in [0.5, 0.6) is 0 Å². The van der Waals surface area contributed by atoms with E-state index >= 15 is 0 Å². The lowest BCUT2D eigenvalue weighted by molar-refractivity contribution is 0.479. The summed E-state index contributed by atoms with van der Waals surface area (Å²) in [4.78, 5) is 6.34. The number of aliphatic imine (C=N–C) groups is 1. The predicted octanol–water partition coefficient (Wildman–Crippen LogP) is 2.86. The summed E-state index contributed by atoms with van der Waals surface area (Å²) in [5, 5.41) is 3.28. The van der Waals surface area contributed by atoms with Crippen molar-refractivity contribution in [2.45, 2.75) is 32.1 Å². The highest BCUT2D eigenvalue weighted by atomic mass is 127. The first-order valence-corrected chi connectivity index (χ1v) is 8.50. The van der Waals surface area contributed by atoms with E-state index in [0.29, 0.717) is 12.3 Å². The van der Waals surface area contributed by atoms with Gasteiger partial charge in [0.05, 0.1) is 0 Å². The number of hydrogen-bond donors (Lipinski definition) is 1. The van der Waals surface area contributed by atoms with Gasteiger partial charge in [-0.3, -0.25) is 9.20 Å². The third-order valence-corrected chi connectivity index (χ3v) is 5.03. The number of benzene rings is 1. The summed E-state index contributed by atoms with van der Waals surface area (Å²) in [6.07, 6.45) is 0. The van der Waals surface area contributed by atoms with Gasteiger partial charge in [-0.1, -0.05) is 30.3 Å². The van der Waals surface area contributed by atoms with E-state index in [1.165, 1.54) is 5.56 Å². The van der Waals surface area contributed by atoms with Crippen LogP contribution in [0.25, 0.3) is 0 Å². The Balaban J connectivity index is 0.00000441. The molecular weight excluding hydrogens is 409 g/mol. The van der Waals surface area contributed by atoms with Gasteiger partial charge in [-0.05, 0) is 26.3 Å². The molecule has 0 aliphatic rings. The Hall–Kier alpha value is -0.630. The molecule has 0 aromatic heterocycles. The zero-order chi connectivity index (χ0) is 15.9. The van der Waals surface area contributed by atoms with Gasteiger partial charge >= 0.3 is 0 Å². The first kappa shape index (κ1) is 21.4. The van der Waals surface area contributed by atoms with Crippen molar-refractivity contribution < 1.29 is 4.21 Å². The molecule has 0 radical (unpaired) electrons. The average molecular weight is 437 g/mol. The van der Waals surface area contributed by atoms with Crippen molar-refractivity contribution in [2.24, 2.45) is 4.99 Å². The molecule has 0 saturated heterocycles. The Morgan fingerprint density at radius 1 is 1.27 bits per heavy atom. The van der Waals surface area contributed by atoms with Gasteiger partial charge in [-0.25, -0.2) is 0 Å². The molecule has 1 atom stereocenters. The van der Waals surface area contributed by atoms with E-state index in [-0.39, 0.29) is 28.7 Å². The molecule has 4 nitrogen and oxygen atoms in total. The van der Waals surface area contributed by atoms with Crippen LogP contribution in [0.1, 0.15) is 26.3 Å². The lowest BCUT2D eigenvalue weighted by Crippen LogP contribution is -2.41. The van der Waals surface area contributed by atoms with E-state index in [2.05, 4.69) is 27.3 Å². The van der Waals surface area contributed by atoms with E-state index in [4.69, 9.17) is 0 Å². The zero-order valence-corrected chi connectivity index (χ0v) is 17.3. The Morgan fingerprint density at radius 3 is 2.36 bits per heavy atom. The summed E-state index contributed by atoms with van der Waals surface area (Å²) < 4.78 is 11.8.